The van der Waals surface area contributed by atoms with Gasteiger partial charge in [-0.2, -0.15) is 0 Å². The molecule has 66 heavy (non-hydrogen) atoms. The maximum absolute atomic E-state index is 17.1. The Balaban J connectivity index is 1.18. The minimum absolute atomic E-state index is 0.0539. The van der Waals surface area contributed by atoms with Crippen LogP contribution in [-0.2, 0) is 19.1 Å². The number of rotatable bonds is 18. The lowest BCUT2D eigenvalue weighted by Gasteiger charge is -2.30. The molecule has 3 aromatic heterocycles. The van der Waals surface area contributed by atoms with Gasteiger partial charge in [0.05, 0.1) is 61.3 Å². The maximum atomic E-state index is 17.1. The predicted molar refractivity (Wildman–Crippen MR) is 250 cm³/mol. The SMILES string of the molecule is CCCCC(c1ncc(-c2ccc3c(c2)c(F)c2n3C(CCC)Oc3cc(-c4cnc(C5CCCN5C(=O)C(NC(=O)OC)C(C)C)[nH]4)ccc3-2)[nH]1)C(CC)C(=O)C(NC(=O)OC)C(C)C. The molecule has 5 heterocycles. The number of likely N-dealkylation sites (tertiary alicyclic amines) is 1. The fourth-order valence-corrected chi connectivity index (χ4v) is 9.74. The van der Waals surface area contributed by atoms with E-state index in [0.29, 0.717) is 64.6 Å². The number of amides is 3. The third-order valence-corrected chi connectivity index (χ3v) is 13.3. The van der Waals surface area contributed by atoms with Crippen molar-refractivity contribution >= 4 is 34.8 Å². The first-order chi connectivity index (χ1) is 31.7. The van der Waals surface area contributed by atoms with Crippen molar-refractivity contribution in [2.45, 2.75) is 130 Å². The number of hydrogen-bond donors (Lipinski definition) is 4. The Morgan fingerprint density at radius 1 is 0.879 bits per heavy atom. The van der Waals surface area contributed by atoms with Crippen molar-refractivity contribution in [2.75, 3.05) is 20.8 Å². The summed E-state index contributed by atoms with van der Waals surface area (Å²) in [5, 5.41) is 5.90. The predicted octanol–water partition coefficient (Wildman–Crippen LogP) is 10.2. The number of carbonyl (C=O) groups is 4. The van der Waals surface area contributed by atoms with Crippen LogP contribution in [0.1, 0.15) is 130 Å². The summed E-state index contributed by atoms with van der Waals surface area (Å²) in [6.45, 7) is 14.3. The van der Waals surface area contributed by atoms with Gasteiger partial charge in [-0.1, -0.05) is 79.9 Å². The summed E-state index contributed by atoms with van der Waals surface area (Å²) in [6.07, 6.45) is 7.84. The first kappa shape index (κ1) is 47.8. The number of aromatic nitrogens is 5. The average molecular weight is 909 g/mol. The van der Waals surface area contributed by atoms with Crippen LogP contribution < -0.4 is 15.4 Å². The van der Waals surface area contributed by atoms with E-state index in [0.717, 1.165) is 55.3 Å². The molecule has 2 aliphatic heterocycles. The molecule has 0 aliphatic carbocycles. The first-order valence-corrected chi connectivity index (χ1v) is 23.5. The quantitative estimate of drug-likeness (QED) is 0.0664. The van der Waals surface area contributed by atoms with Crippen molar-refractivity contribution in [3.63, 3.8) is 0 Å². The molecule has 3 amide bonds. The summed E-state index contributed by atoms with van der Waals surface area (Å²) in [7, 11) is 2.56. The fraction of sp³-hybridized carbons (Fsp3) is 0.520. The van der Waals surface area contributed by atoms with Crippen molar-refractivity contribution in [2.24, 2.45) is 17.8 Å². The van der Waals surface area contributed by atoms with Gasteiger partial charge in [-0.25, -0.2) is 23.9 Å². The smallest absolute Gasteiger partial charge is 0.407 e. The Morgan fingerprint density at radius 2 is 1.55 bits per heavy atom. The highest BCUT2D eigenvalue weighted by Gasteiger charge is 2.39. The molecule has 2 aliphatic rings. The van der Waals surface area contributed by atoms with Gasteiger partial charge in [-0.15, -0.1) is 0 Å². The molecule has 354 valence electrons. The van der Waals surface area contributed by atoms with E-state index < -0.39 is 36.4 Å². The summed E-state index contributed by atoms with van der Waals surface area (Å²) < 4.78 is 35.4. The molecule has 6 atom stereocenters. The van der Waals surface area contributed by atoms with Gasteiger partial charge in [0, 0.05) is 46.9 Å². The van der Waals surface area contributed by atoms with Crippen LogP contribution in [0, 0.1) is 23.6 Å². The van der Waals surface area contributed by atoms with Gasteiger partial charge in [0.2, 0.25) is 5.91 Å². The maximum Gasteiger partial charge on any atom is 0.407 e. The summed E-state index contributed by atoms with van der Waals surface area (Å²) in [5.41, 5.74) is 4.79. The number of imidazole rings is 2. The molecule has 7 rings (SSSR count). The van der Waals surface area contributed by atoms with Crippen LogP contribution in [0.25, 0.3) is 44.7 Å². The number of unbranched alkanes of at least 4 members (excludes halogenated alkanes) is 1. The Bertz CT molecular complexity index is 2540. The Hall–Kier alpha value is -6.19. The van der Waals surface area contributed by atoms with Gasteiger partial charge in [0.25, 0.3) is 0 Å². The Kier molecular flexibility index (Phi) is 14.9. The Morgan fingerprint density at radius 3 is 2.21 bits per heavy atom. The van der Waals surface area contributed by atoms with Crippen molar-refractivity contribution in [1.82, 2.24) is 40.0 Å². The molecule has 0 radical (unpaired) electrons. The lowest BCUT2D eigenvalue weighted by atomic mass is 9.78. The summed E-state index contributed by atoms with van der Waals surface area (Å²) in [6, 6.07) is 9.71. The molecule has 0 spiro atoms. The second-order valence-corrected chi connectivity index (χ2v) is 18.3. The highest BCUT2D eigenvalue weighted by Crippen LogP contribution is 2.47. The van der Waals surface area contributed by atoms with Gasteiger partial charge in [0.15, 0.2) is 17.8 Å². The number of benzene rings is 2. The second kappa shape index (κ2) is 20.5. The van der Waals surface area contributed by atoms with Crippen molar-refractivity contribution < 1.29 is 37.8 Å². The molecule has 0 saturated carbocycles. The van der Waals surface area contributed by atoms with E-state index in [-0.39, 0.29) is 41.3 Å². The van der Waals surface area contributed by atoms with Gasteiger partial charge >= 0.3 is 12.2 Å². The third kappa shape index (κ3) is 9.41. The molecular formula is C50H65FN8O7. The first-order valence-electron chi connectivity index (χ1n) is 23.5. The number of Topliss-reactive ketones (excluding diaryl/α,β-unsaturated/α-hetero) is 1. The second-order valence-electron chi connectivity index (χ2n) is 18.3. The minimum Gasteiger partial charge on any atom is -0.469 e. The summed E-state index contributed by atoms with van der Waals surface area (Å²) in [5.74, 6) is 0.381. The van der Waals surface area contributed by atoms with Crippen LogP contribution in [0.4, 0.5) is 14.0 Å². The molecule has 16 heteroatoms. The van der Waals surface area contributed by atoms with Crippen LogP contribution in [0.2, 0.25) is 0 Å². The zero-order valence-corrected chi connectivity index (χ0v) is 39.6. The number of aromatic amines is 2. The van der Waals surface area contributed by atoms with Gasteiger partial charge in [-0.05, 0) is 61.8 Å². The van der Waals surface area contributed by atoms with E-state index in [1.165, 1.54) is 14.2 Å². The number of nitrogens with one attached hydrogen (secondary N) is 4. The zero-order valence-electron chi connectivity index (χ0n) is 39.6. The van der Waals surface area contributed by atoms with Crippen molar-refractivity contribution in [3.8, 4) is 39.5 Å². The van der Waals surface area contributed by atoms with Crippen LogP contribution in [0.5, 0.6) is 5.75 Å². The molecule has 0 bridgehead atoms. The highest BCUT2D eigenvalue weighted by molar-refractivity contribution is 5.93. The molecule has 1 saturated heterocycles. The van der Waals surface area contributed by atoms with Crippen LogP contribution in [0.3, 0.4) is 0 Å². The van der Waals surface area contributed by atoms with Gasteiger partial charge in [-0.3, -0.25) is 9.59 Å². The number of ketones is 1. The largest absolute Gasteiger partial charge is 0.469 e. The lowest BCUT2D eigenvalue weighted by molar-refractivity contribution is -0.135. The number of H-pyrrole nitrogens is 2. The van der Waals surface area contributed by atoms with E-state index in [1.54, 1.807) is 17.3 Å². The molecule has 1 fully saturated rings. The molecule has 4 N–H and O–H groups in total. The van der Waals surface area contributed by atoms with E-state index in [9.17, 15) is 19.2 Å². The minimum atomic E-state index is -0.740. The molecule has 5 aromatic rings. The Labute approximate surface area is 386 Å². The molecular weight excluding hydrogens is 844 g/mol. The number of carbonyl (C=O) groups excluding carboxylic acids is 4. The van der Waals surface area contributed by atoms with Crippen LogP contribution in [0.15, 0.2) is 48.8 Å². The standard InChI is InChI=1S/C50H65FN8O7/c1-10-13-16-32(31(12-3)45(60)42(27(4)5)56-49(62)64-8)46-52-25-35(54-46)29-19-21-37-34(23-29)41(51)44-33-20-18-30(24-39(33)66-40(15-11-2)59(37)44)36-26-53-47(55-36)38-17-14-22-58(38)48(61)43(28(6)7)57-50(63)65-9/h18-21,23-28,31-32,38,40,42-43H,10-17,22H2,1-9H3,(H,52,54)(H,53,55)(H,56,62)(H,57,63). The molecule has 6 unspecified atom stereocenters. The van der Waals surface area contributed by atoms with Crippen LogP contribution >= 0.6 is 0 Å². The fourth-order valence-electron chi connectivity index (χ4n) is 9.74. The van der Waals surface area contributed by atoms with Crippen molar-refractivity contribution in [1.29, 1.82) is 0 Å². The molecule has 15 nitrogen and oxygen atoms in total. The number of ether oxygens (including phenoxy) is 3. The number of hydrogen-bond acceptors (Lipinski definition) is 9. The number of halogens is 1. The average Bonchev–Trinajstić information content (AvgIpc) is 4.15. The number of fused-ring (bicyclic) bond motifs is 5. The normalized spacial score (nSPS) is 17.5. The monoisotopic (exact) mass is 908 g/mol. The highest BCUT2D eigenvalue weighted by atomic mass is 19.1. The number of alkyl carbamates (subject to hydrolysis) is 2. The number of methoxy groups -OCH3 is 2. The topological polar surface area (TPSA) is 186 Å². The van der Waals surface area contributed by atoms with Gasteiger partial charge < -0.3 is 44.3 Å². The molecule has 2 aromatic carbocycles. The summed E-state index contributed by atoms with van der Waals surface area (Å²) in [4.78, 5) is 70.4. The van der Waals surface area contributed by atoms with E-state index in [2.05, 4.69) is 34.4 Å². The zero-order chi connectivity index (χ0) is 47.4. The van der Waals surface area contributed by atoms with Crippen LogP contribution in [-0.4, -0.2) is 86.1 Å². The van der Waals surface area contributed by atoms with Gasteiger partial charge in [0.1, 0.15) is 23.4 Å². The van der Waals surface area contributed by atoms with E-state index in [4.69, 9.17) is 24.2 Å². The van der Waals surface area contributed by atoms with E-state index in [1.807, 2.05) is 75.6 Å². The van der Waals surface area contributed by atoms with Crippen molar-refractivity contribution in [3.05, 3.63) is 66.3 Å². The summed E-state index contributed by atoms with van der Waals surface area (Å²) >= 11 is 0. The lowest BCUT2D eigenvalue weighted by Crippen LogP contribution is -2.51. The third-order valence-electron chi connectivity index (χ3n) is 13.3. The van der Waals surface area contributed by atoms with E-state index >= 15 is 4.39 Å². The number of nitrogens with zero attached hydrogens (tertiary/aromatic N) is 4.